The standard InChI is InChI=1S/C16H24ClNO/c1-12(2)16(11-19-3)7-8-18-10-15(16)13-5-4-6-14(17)9-13/h4-6,9,12,15,18H,7-8,10-11H2,1-3H3. The predicted molar refractivity (Wildman–Crippen MR) is 80.8 cm³/mol. The molecule has 1 aliphatic heterocycles. The Hall–Kier alpha value is -0.570. The SMILES string of the molecule is COCC1(C(C)C)CCNCC1c1cccc(Cl)c1. The van der Waals surface area contributed by atoms with Crippen molar-refractivity contribution in [2.45, 2.75) is 26.2 Å². The van der Waals surface area contributed by atoms with Crippen molar-refractivity contribution in [1.29, 1.82) is 0 Å². The van der Waals surface area contributed by atoms with E-state index in [1.54, 1.807) is 7.11 Å². The molecule has 2 rings (SSSR count). The van der Waals surface area contributed by atoms with Gasteiger partial charge in [0.15, 0.2) is 0 Å². The number of halogens is 1. The van der Waals surface area contributed by atoms with Crippen molar-refractivity contribution < 1.29 is 4.74 Å². The van der Waals surface area contributed by atoms with Gasteiger partial charge in [0.25, 0.3) is 0 Å². The fourth-order valence-electron chi connectivity index (χ4n) is 3.42. The Morgan fingerprint density at radius 3 is 2.89 bits per heavy atom. The maximum absolute atomic E-state index is 6.16. The molecule has 1 aromatic carbocycles. The van der Waals surface area contributed by atoms with Crippen LogP contribution in [0.15, 0.2) is 24.3 Å². The van der Waals surface area contributed by atoms with Crippen LogP contribution in [0.1, 0.15) is 31.7 Å². The maximum atomic E-state index is 6.16. The lowest BCUT2D eigenvalue weighted by molar-refractivity contribution is -0.000000578. The molecule has 2 unspecified atom stereocenters. The Morgan fingerprint density at radius 1 is 1.47 bits per heavy atom. The minimum atomic E-state index is 0.199. The summed E-state index contributed by atoms with van der Waals surface area (Å²) in [6.07, 6.45) is 1.15. The second-order valence-electron chi connectivity index (χ2n) is 5.88. The van der Waals surface area contributed by atoms with E-state index < -0.39 is 0 Å². The molecule has 106 valence electrons. The van der Waals surface area contributed by atoms with E-state index in [0.29, 0.717) is 11.8 Å². The Bertz CT molecular complexity index is 417. The summed E-state index contributed by atoms with van der Waals surface area (Å²) < 4.78 is 5.57. The van der Waals surface area contributed by atoms with E-state index in [1.807, 2.05) is 12.1 Å². The van der Waals surface area contributed by atoms with Crippen LogP contribution in [-0.2, 0) is 4.74 Å². The second-order valence-corrected chi connectivity index (χ2v) is 6.32. The van der Waals surface area contributed by atoms with Gasteiger partial charge in [-0.15, -0.1) is 0 Å². The summed E-state index contributed by atoms with van der Waals surface area (Å²) in [4.78, 5) is 0. The summed E-state index contributed by atoms with van der Waals surface area (Å²) in [5.74, 6) is 1.04. The summed E-state index contributed by atoms with van der Waals surface area (Å²) in [5, 5.41) is 4.34. The fourth-order valence-corrected chi connectivity index (χ4v) is 3.62. The van der Waals surface area contributed by atoms with E-state index in [0.717, 1.165) is 31.1 Å². The van der Waals surface area contributed by atoms with Crippen LogP contribution in [0.3, 0.4) is 0 Å². The zero-order valence-corrected chi connectivity index (χ0v) is 12.8. The van der Waals surface area contributed by atoms with Gasteiger partial charge in [-0.25, -0.2) is 0 Å². The molecular formula is C16H24ClNO. The lowest BCUT2D eigenvalue weighted by Gasteiger charge is -2.47. The third-order valence-electron chi connectivity index (χ3n) is 4.62. The predicted octanol–water partition coefficient (Wildman–Crippen LogP) is 3.71. The van der Waals surface area contributed by atoms with Crippen molar-refractivity contribution in [3.63, 3.8) is 0 Å². The summed E-state index contributed by atoms with van der Waals surface area (Å²) in [6.45, 7) is 7.49. The van der Waals surface area contributed by atoms with Gasteiger partial charge in [-0.3, -0.25) is 0 Å². The Balaban J connectivity index is 2.38. The van der Waals surface area contributed by atoms with Gasteiger partial charge in [-0.2, -0.15) is 0 Å². The van der Waals surface area contributed by atoms with Crippen LogP contribution in [0.5, 0.6) is 0 Å². The highest BCUT2D eigenvalue weighted by Gasteiger charge is 2.44. The Morgan fingerprint density at radius 2 is 2.26 bits per heavy atom. The monoisotopic (exact) mass is 281 g/mol. The number of rotatable bonds is 4. The molecule has 0 aromatic heterocycles. The molecular weight excluding hydrogens is 258 g/mol. The highest BCUT2D eigenvalue weighted by molar-refractivity contribution is 6.30. The molecule has 0 aliphatic carbocycles. The summed E-state index contributed by atoms with van der Waals surface area (Å²) in [6, 6.07) is 8.28. The minimum absolute atomic E-state index is 0.199. The highest BCUT2D eigenvalue weighted by Crippen LogP contribution is 2.47. The van der Waals surface area contributed by atoms with E-state index in [2.05, 4.69) is 31.3 Å². The van der Waals surface area contributed by atoms with Gasteiger partial charge in [0.2, 0.25) is 0 Å². The van der Waals surface area contributed by atoms with Crippen molar-refractivity contribution in [3.8, 4) is 0 Å². The largest absolute Gasteiger partial charge is 0.384 e. The lowest BCUT2D eigenvalue weighted by atomic mass is 9.62. The number of hydrogen-bond donors (Lipinski definition) is 1. The number of hydrogen-bond acceptors (Lipinski definition) is 2. The summed E-state index contributed by atoms with van der Waals surface area (Å²) >= 11 is 6.16. The molecule has 0 amide bonds. The van der Waals surface area contributed by atoms with Gasteiger partial charge < -0.3 is 10.1 Å². The smallest absolute Gasteiger partial charge is 0.0527 e. The Labute approximate surface area is 121 Å². The molecule has 19 heavy (non-hydrogen) atoms. The molecule has 1 fully saturated rings. The number of benzene rings is 1. The van der Waals surface area contributed by atoms with Crippen molar-refractivity contribution in [2.24, 2.45) is 11.3 Å². The zero-order chi connectivity index (χ0) is 13.9. The van der Waals surface area contributed by atoms with E-state index in [4.69, 9.17) is 16.3 Å². The topological polar surface area (TPSA) is 21.3 Å². The van der Waals surface area contributed by atoms with Crippen LogP contribution >= 0.6 is 11.6 Å². The zero-order valence-electron chi connectivity index (χ0n) is 12.1. The number of nitrogens with one attached hydrogen (secondary N) is 1. The number of ether oxygens (including phenoxy) is 1. The van der Waals surface area contributed by atoms with Gasteiger partial charge in [0, 0.05) is 30.0 Å². The van der Waals surface area contributed by atoms with Crippen LogP contribution in [-0.4, -0.2) is 26.8 Å². The van der Waals surface area contributed by atoms with Crippen LogP contribution in [0.2, 0.25) is 5.02 Å². The fraction of sp³-hybridized carbons (Fsp3) is 0.625. The Kier molecular flexibility index (Phi) is 4.88. The number of methoxy groups -OCH3 is 1. The van der Waals surface area contributed by atoms with Crippen LogP contribution < -0.4 is 5.32 Å². The molecule has 3 heteroatoms. The van der Waals surface area contributed by atoms with Crippen LogP contribution in [0.25, 0.3) is 0 Å². The third kappa shape index (κ3) is 2.96. The molecule has 2 atom stereocenters. The van der Waals surface area contributed by atoms with Gasteiger partial charge >= 0.3 is 0 Å². The average Bonchev–Trinajstić information content (AvgIpc) is 2.39. The highest BCUT2D eigenvalue weighted by atomic mass is 35.5. The average molecular weight is 282 g/mol. The first kappa shape index (κ1) is 14.8. The maximum Gasteiger partial charge on any atom is 0.0527 e. The first-order chi connectivity index (χ1) is 9.10. The first-order valence-electron chi connectivity index (χ1n) is 7.05. The number of piperidine rings is 1. The molecule has 1 aromatic rings. The van der Waals surface area contributed by atoms with Crippen molar-refractivity contribution in [2.75, 3.05) is 26.8 Å². The van der Waals surface area contributed by atoms with Crippen LogP contribution in [0, 0.1) is 11.3 Å². The molecule has 1 aliphatic rings. The van der Waals surface area contributed by atoms with E-state index in [1.165, 1.54) is 5.56 Å². The minimum Gasteiger partial charge on any atom is -0.384 e. The summed E-state index contributed by atoms with van der Waals surface area (Å²) in [7, 11) is 1.81. The third-order valence-corrected chi connectivity index (χ3v) is 4.86. The van der Waals surface area contributed by atoms with Gasteiger partial charge in [0.1, 0.15) is 0 Å². The molecule has 1 N–H and O–H groups in total. The van der Waals surface area contributed by atoms with Crippen molar-refractivity contribution >= 4 is 11.6 Å². The van der Waals surface area contributed by atoms with Gasteiger partial charge in [0.05, 0.1) is 6.61 Å². The molecule has 0 saturated carbocycles. The molecule has 2 nitrogen and oxygen atoms in total. The molecule has 1 saturated heterocycles. The van der Waals surface area contributed by atoms with Gasteiger partial charge in [-0.1, -0.05) is 37.6 Å². The van der Waals surface area contributed by atoms with E-state index in [-0.39, 0.29) is 5.41 Å². The molecule has 0 radical (unpaired) electrons. The van der Waals surface area contributed by atoms with Gasteiger partial charge in [-0.05, 0) is 36.6 Å². The van der Waals surface area contributed by atoms with Crippen molar-refractivity contribution in [1.82, 2.24) is 5.32 Å². The second kappa shape index (κ2) is 6.25. The van der Waals surface area contributed by atoms with Crippen molar-refractivity contribution in [3.05, 3.63) is 34.9 Å². The van der Waals surface area contributed by atoms with Crippen LogP contribution in [0.4, 0.5) is 0 Å². The lowest BCUT2D eigenvalue weighted by Crippen LogP contribution is -2.49. The molecule has 0 bridgehead atoms. The van der Waals surface area contributed by atoms with E-state index >= 15 is 0 Å². The quantitative estimate of drug-likeness (QED) is 0.908. The first-order valence-corrected chi connectivity index (χ1v) is 7.43. The molecule has 1 heterocycles. The normalized spacial score (nSPS) is 27.7. The van der Waals surface area contributed by atoms with E-state index in [9.17, 15) is 0 Å². The summed E-state index contributed by atoms with van der Waals surface area (Å²) in [5.41, 5.74) is 1.52. The molecule has 0 spiro atoms.